The molecule has 0 fully saturated rings. The second kappa shape index (κ2) is 9.51. The molecule has 146 valence electrons. The van der Waals surface area contributed by atoms with E-state index in [1.807, 2.05) is 17.5 Å². The maximum absolute atomic E-state index is 12.6. The molecule has 0 aliphatic rings. The van der Waals surface area contributed by atoms with Gasteiger partial charge in [0.05, 0.1) is 12.3 Å². The molecule has 3 rings (SSSR count). The average molecular weight is 395 g/mol. The highest BCUT2D eigenvalue weighted by atomic mass is 32.1. The summed E-state index contributed by atoms with van der Waals surface area (Å²) in [7, 11) is 0. The van der Waals surface area contributed by atoms with Crippen LogP contribution in [0.2, 0.25) is 0 Å². The van der Waals surface area contributed by atoms with Crippen molar-refractivity contribution >= 4 is 22.4 Å². The lowest BCUT2D eigenvalue weighted by Gasteiger charge is -2.07. The second-order valence-corrected chi connectivity index (χ2v) is 7.75. The largest absolute Gasteiger partial charge is 0.494 e. The molecule has 0 radical (unpaired) electrons. The van der Waals surface area contributed by atoms with Crippen LogP contribution in [0.4, 0.5) is 5.13 Å². The first-order valence-corrected chi connectivity index (χ1v) is 10.5. The van der Waals surface area contributed by atoms with Crippen molar-refractivity contribution in [2.75, 3.05) is 11.9 Å². The third-order valence-corrected chi connectivity index (χ3v) is 5.25. The van der Waals surface area contributed by atoms with Gasteiger partial charge in [-0.1, -0.05) is 49.6 Å². The van der Waals surface area contributed by atoms with E-state index < -0.39 is 0 Å². The van der Waals surface area contributed by atoms with Crippen LogP contribution in [0.5, 0.6) is 5.75 Å². The van der Waals surface area contributed by atoms with Crippen molar-refractivity contribution in [3.8, 4) is 17.0 Å². The number of hydrogen-bond donors (Lipinski definition) is 1. The van der Waals surface area contributed by atoms with Crippen LogP contribution in [-0.2, 0) is 0 Å². The minimum absolute atomic E-state index is 0.180. The molecule has 0 aliphatic carbocycles. The molecule has 1 N–H and O–H groups in total. The highest BCUT2D eigenvalue weighted by Gasteiger charge is 2.12. The predicted molar refractivity (Wildman–Crippen MR) is 116 cm³/mol. The van der Waals surface area contributed by atoms with E-state index in [2.05, 4.69) is 49.3 Å². The summed E-state index contributed by atoms with van der Waals surface area (Å²) < 4.78 is 5.74. The zero-order chi connectivity index (χ0) is 19.9. The predicted octanol–water partition coefficient (Wildman–Crippen LogP) is 6.25. The molecule has 0 saturated carbocycles. The topological polar surface area (TPSA) is 51.2 Å². The van der Waals surface area contributed by atoms with Gasteiger partial charge in [0.15, 0.2) is 5.13 Å². The molecule has 1 aromatic heterocycles. The fourth-order valence-electron chi connectivity index (χ4n) is 2.99. The number of ether oxygens (including phenoxy) is 1. The van der Waals surface area contributed by atoms with Crippen LogP contribution >= 0.6 is 11.3 Å². The Labute approximate surface area is 170 Å². The first-order chi connectivity index (χ1) is 13.6. The number of aryl methyl sites for hydroxylation is 2. The number of nitrogens with zero attached hydrogens (tertiary/aromatic N) is 1. The van der Waals surface area contributed by atoms with Crippen LogP contribution < -0.4 is 10.1 Å². The van der Waals surface area contributed by atoms with Gasteiger partial charge in [-0.15, -0.1) is 11.3 Å². The monoisotopic (exact) mass is 394 g/mol. The minimum Gasteiger partial charge on any atom is -0.494 e. The molecule has 4 nitrogen and oxygen atoms in total. The normalized spacial score (nSPS) is 10.7. The Morgan fingerprint density at radius 3 is 2.79 bits per heavy atom. The van der Waals surface area contributed by atoms with Crippen molar-refractivity contribution in [3.63, 3.8) is 0 Å². The van der Waals surface area contributed by atoms with Crippen LogP contribution in [0, 0.1) is 13.8 Å². The van der Waals surface area contributed by atoms with Crippen molar-refractivity contribution in [2.24, 2.45) is 0 Å². The van der Waals surface area contributed by atoms with Crippen LogP contribution in [0.15, 0.2) is 47.8 Å². The highest BCUT2D eigenvalue weighted by molar-refractivity contribution is 7.14. The molecule has 3 aromatic rings. The zero-order valence-corrected chi connectivity index (χ0v) is 17.4. The minimum atomic E-state index is -0.180. The summed E-state index contributed by atoms with van der Waals surface area (Å²) in [6.07, 6.45) is 3.32. The van der Waals surface area contributed by atoms with Crippen molar-refractivity contribution in [1.29, 1.82) is 0 Å². The van der Waals surface area contributed by atoms with E-state index in [4.69, 9.17) is 4.74 Å². The molecular weight excluding hydrogens is 368 g/mol. The molecule has 28 heavy (non-hydrogen) atoms. The number of aromatic nitrogens is 1. The first-order valence-electron chi connectivity index (χ1n) is 9.64. The number of anilines is 1. The number of benzene rings is 2. The molecule has 0 unspecified atom stereocenters. The van der Waals surface area contributed by atoms with Crippen molar-refractivity contribution in [3.05, 3.63) is 64.5 Å². The van der Waals surface area contributed by atoms with Gasteiger partial charge >= 0.3 is 0 Å². The van der Waals surface area contributed by atoms with Crippen LogP contribution in [0.3, 0.4) is 0 Å². The molecule has 1 amide bonds. The van der Waals surface area contributed by atoms with Gasteiger partial charge < -0.3 is 4.74 Å². The highest BCUT2D eigenvalue weighted by Crippen LogP contribution is 2.28. The molecule has 0 atom stereocenters. The summed E-state index contributed by atoms with van der Waals surface area (Å²) in [6, 6.07) is 13.6. The van der Waals surface area contributed by atoms with Gasteiger partial charge in [-0.25, -0.2) is 4.98 Å². The van der Waals surface area contributed by atoms with E-state index >= 15 is 0 Å². The van der Waals surface area contributed by atoms with Gasteiger partial charge in [-0.2, -0.15) is 0 Å². The Morgan fingerprint density at radius 1 is 1.14 bits per heavy atom. The van der Waals surface area contributed by atoms with E-state index in [-0.39, 0.29) is 5.91 Å². The quantitative estimate of drug-likeness (QED) is 0.460. The standard InChI is InChI=1S/C23H26N2O2S/c1-4-5-6-12-27-19-9-7-8-18(14-19)22(26)25-23-24-21(15-28-23)20-11-10-16(2)13-17(20)3/h7-11,13-15H,4-6,12H2,1-3H3,(H,24,25,26). The van der Waals surface area contributed by atoms with Crippen LogP contribution in [0.25, 0.3) is 11.3 Å². The lowest BCUT2D eigenvalue weighted by atomic mass is 10.0. The molecule has 1 heterocycles. The van der Waals surface area contributed by atoms with Gasteiger partial charge in [-0.05, 0) is 44.0 Å². The van der Waals surface area contributed by atoms with Crippen molar-refractivity contribution in [2.45, 2.75) is 40.0 Å². The maximum Gasteiger partial charge on any atom is 0.257 e. The van der Waals surface area contributed by atoms with E-state index in [1.165, 1.54) is 22.5 Å². The fraction of sp³-hybridized carbons (Fsp3) is 0.304. The first kappa shape index (κ1) is 20.1. The fourth-order valence-corrected chi connectivity index (χ4v) is 3.70. The third kappa shape index (κ3) is 5.20. The molecule has 2 aromatic carbocycles. The smallest absolute Gasteiger partial charge is 0.257 e. The molecule has 0 saturated heterocycles. The van der Waals surface area contributed by atoms with E-state index in [0.717, 1.165) is 36.3 Å². The van der Waals surface area contributed by atoms with Crippen LogP contribution in [-0.4, -0.2) is 17.5 Å². The Balaban J connectivity index is 1.66. The molecule has 0 aliphatic heterocycles. The summed E-state index contributed by atoms with van der Waals surface area (Å²) in [5, 5.41) is 5.46. The Kier molecular flexibility index (Phi) is 6.82. The summed E-state index contributed by atoms with van der Waals surface area (Å²) in [6.45, 7) is 6.98. The Morgan fingerprint density at radius 2 is 2.00 bits per heavy atom. The summed E-state index contributed by atoms with van der Waals surface area (Å²) in [5.41, 5.74) is 4.93. The number of hydrogen-bond acceptors (Lipinski definition) is 4. The number of carbonyl (C=O) groups excluding carboxylic acids is 1. The Bertz CT molecular complexity index is 949. The summed E-state index contributed by atoms with van der Waals surface area (Å²) >= 11 is 1.43. The molecular formula is C23H26N2O2S. The van der Waals surface area contributed by atoms with E-state index in [9.17, 15) is 4.79 Å². The summed E-state index contributed by atoms with van der Waals surface area (Å²) in [4.78, 5) is 17.2. The van der Waals surface area contributed by atoms with Crippen molar-refractivity contribution < 1.29 is 9.53 Å². The zero-order valence-electron chi connectivity index (χ0n) is 16.6. The second-order valence-electron chi connectivity index (χ2n) is 6.89. The number of rotatable bonds is 8. The van der Waals surface area contributed by atoms with Crippen molar-refractivity contribution in [1.82, 2.24) is 4.98 Å². The SMILES string of the molecule is CCCCCOc1cccc(C(=O)Nc2nc(-c3ccc(C)cc3C)cs2)c1. The molecule has 0 spiro atoms. The van der Waals surface area contributed by atoms with Gasteiger partial charge in [0.2, 0.25) is 0 Å². The Hall–Kier alpha value is -2.66. The van der Waals surface area contributed by atoms with Gasteiger partial charge in [-0.3, -0.25) is 10.1 Å². The van der Waals surface area contributed by atoms with E-state index in [0.29, 0.717) is 17.3 Å². The molecule has 0 bridgehead atoms. The lowest BCUT2D eigenvalue weighted by molar-refractivity contribution is 0.102. The van der Waals surface area contributed by atoms with Gasteiger partial charge in [0.25, 0.3) is 5.91 Å². The molecule has 5 heteroatoms. The number of thiazole rings is 1. The van der Waals surface area contributed by atoms with E-state index in [1.54, 1.807) is 12.1 Å². The number of carbonyl (C=O) groups is 1. The summed E-state index contributed by atoms with van der Waals surface area (Å²) in [5.74, 6) is 0.541. The lowest BCUT2D eigenvalue weighted by Crippen LogP contribution is -2.12. The van der Waals surface area contributed by atoms with Crippen LogP contribution in [0.1, 0.15) is 47.7 Å². The van der Waals surface area contributed by atoms with Gasteiger partial charge in [0, 0.05) is 16.5 Å². The number of amides is 1. The third-order valence-electron chi connectivity index (χ3n) is 4.50. The average Bonchev–Trinajstić information content (AvgIpc) is 3.13. The number of nitrogens with one attached hydrogen (secondary N) is 1. The maximum atomic E-state index is 12.6. The van der Waals surface area contributed by atoms with Gasteiger partial charge in [0.1, 0.15) is 5.75 Å². The number of unbranched alkanes of at least 4 members (excludes halogenated alkanes) is 2.